The van der Waals surface area contributed by atoms with E-state index in [-0.39, 0.29) is 5.91 Å². The molecule has 1 aromatic rings. The second kappa shape index (κ2) is 6.63. The second-order valence-corrected chi connectivity index (χ2v) is 4.23. The molecule has 6 nitrogen and oxygen atoms in total. The van der Waals surface area contributed by atoms with Gasteiger partial charge in [0.15, 0.2) is 0 Å². The van der Waals surface area contributed by atoms with Crippen molar-refractivity contribution in [1.29, 1.82) is 0 Å². The first kappa shape index (κ1) is 14.8. The molecule has 0 unspecified atom stereocenters. The van der Waals surface area contributed by atoms with Gasteiger partial charge in [-0.1, -0.05) is 6.07 Å². The summed E-state index contributed by atoms with van der Waals surface area (Å²) in [4.78, 5) is 24.6. The number of amides is 1. The molecular formula is C13H19N3O3. The predicted molar refractivity (Wildman–Crippen MR) is 74.0 cm³/mol. The highest BCUT2D eigenvalue weighted by Gasteiger charge is 2.14. The van der Waals surface area contributed by atoms with Crippen LogP contribution in [0.5, 0.6) is 0 Å². The third-order valence-corrected chi connectivity index (χ3v) is 2.64. The maximum absolute atomic E-state index is 11.6. The van der Waals surface area contributed by atoms with Gasteiger partial charge in [-0.25, -0.2) is 4.79 Å². The summed E-state index contributed by atoms with van der Waals surface area (Å²) in [6.45, 7) is 0.398. The minimum absolute atomic E-state index is 0.00150. The number of nitrogens with one attached hydrogen (secondary N) is 1. The monoisotopic (exact) mass is 265 g/mol. The van der Waals surface area contributed by atoms with Gasteiger partial charge in [0.05, 0.1) is 24.0 Å². The van der Waals surface area contributed by atoms with E-state index in [0.29, 0.717) is 29.9 Å². The summed E-state index contributed by atoms with van der Waals surface area (Å²) < 4.78 is 4.69. The standard InChI is InChI=1S/C13H19N3O3/c1-16(2)11(17)7-8-15-12-9(13(18)19-3)5-4-6-10(12)14/h4-6,15H,7-8,14H2,1-3H3. The average molecular weight is 265 g/mol. The van der Waals surface area contributed by atoms with Gasteiger partial charge in [0.1, 0.15) is 0 Å². The van der Waals surface area contributed by atoms with Gasteiger partial charge in [-0.15, -0.1) is 0 Å². The van der Waals surface area contributed by atoms with Crippen LogP contribution in [0.25, 0.3) is 0 Å². The fraction of sp³-hybridized carbons (Fsp3) is 0.385. The Labute approximate surface area is 112 Å². The van der Waals surface area contributed by atoms with Crippen molar-refractivity contribution >= 4 is 23.3 Å². The molecule has 1 amide bonds. The maximum atomic E-state index is 11.6. The molecular weight excluding hydrogens is 246 g/mol. The number of nitrogens with zero attached hydrogens (tertiary/aromatic N) is 1. The van der Waals surface area contributed by atoms with Crippen LogP contribution in [0, 0.1) is 0 Å². The van der Waals surface area contributed by atoms with Gasteiger partial charge < -0.3 is 20.7 Å². The van der Waals surface area contributed by atoms with E-state index in [1.165, 1.54) is 12.0 Å². The number of benzene rings is 1. The molecule has 0 saturated heterocycles. The Hall–Kier alpha value is -2.24. The van der Waals surface area contributed by atoms with Crippen LogP contribution >= 0.6 is 0 Å². The lowest BCUT2D eigenvalue weighted by Crippen LogP contribution is -2.24. The SMILES string of the molecule is COC(=O)c1cccc(N)c1NCCC(=O)N(C)C. The van der Waals surface area contributed by atoms with Crippen LogP contribution in [0.15, 0.2) is 18.2 Å². The summed E-state index contributed by atoms with van der Waals surface area (Å²) >= 11 is 0. The molecule has 0 atom stereocenters. The number of para-hydroxylation sites is 1. The van der Waals surface area contributed by atoms with E-state index in [1.807, 2.05) is 0 Å². The van der Waals surface area contributed by atoms with Gasteiger partial charge in [-0.2, -0.15) is 0 Å². The average Bonchev–Trinajstić information content (AvgIpc) is 2.39. The van der Waals surface area contributed by atoms with Crippen LogP contribution in [0.2, 0.25) is 0 Å². The molecule has 0 fully saturated rings. The Morgan fingerprint density at radius 1 is 1.37 bits per heavy atom. The number of nitrogens with two attached hydrogens (primary N) is 1. The molecule has 0 aliphatic carbocycles. The maximum Gasteiger partial charge on any atom is 0.340 e. The number of methoxy groups -OCH3 is 1. The van der Waals surface area contributed by atoms with Gasteiger partial charge in [0.25, 0.3) is 0 Å². The zero-order valence-corrected chi connectivity index (χ0v) is 11.4. The van der Waals surface area contributed by atoms with Crippen LogP contribution in [0.4, 0.5) is 11.4 Å². The van der Waals surface area contributed by atoms with Crippen molar-refractivity contribution < 1.29 is 14.3 Å². The van der Waals surface area contributed by atoms with Crippen LogP contribution in [0.3, 0.4) is 0 Å². The van der Waals surface area contributed by atoms with E-state index < -0.39 is 5.97 Å². The molecule has 0 bridgehead atoms. The van der Waals surface area contributed by atoms with E-state index in [9.17, 15) is 9.59 Å². The van der Waals surface area contributed by atoms with Crippen LogP contribution in [-0.2, 0) is 9.53 Å². The summed E-state index contributed by atoms with van der Waals surface area (Å²) in [5.41, 5.74) is 7.13. The number of hydrogen-bond donors (Lipinski definition) is 2. The topological polar surface area (TPSA) is 84.7 Å². The highest BCUT2D eigenvalue weighted by atomic mass is 16.5. The van der Waals surface area contributed by atoms with Gasteiger partial charge in [-0.3, -0.25) is 4.79 Å². The smallest absolute Gasteiger partial charge is 0.340 e. The molecule has 0 aliphatic heterocycles. The van der Waals surface area contributed by atoms with Gasteiger partial charge in [-0.05, 0) is 12.1 Å². The highest BCUT2D eigenvalue weighted by molar-refractivity contribution is 5.98. The number of nitrogen functional groups attached to an aromatic ring is 1. The predicted octanol–water partition coefficient (Wildman–Crippen LogP) is 0.946. The molecule has 1 rings (SSSR count). The molecule has 0 saturated carbocycles. The number of hydrogen-bond acceptors (Lipinski definition) is 5. The number of rotatable bonds is 5. The van der Waals surface area contributed by atoms with E-state index in [1.54, 1.807) is 32.3 Å². The Kier molecular flexibility index (Phi) is 5.17. The lowest BCUT2D eigenvalue weighted by molar-refractivity contribution is -0.128. The number of carbonyl (C=O) groups is 2. The minimum atomic E-state index is -0.464. The van der Waals surface area contributed by atoms with Crippen molar-refractivity contribution in [2.75, 3.05) is 38.8 Å². The molecule has 0 aliphatic rings. The van der Waals surface area contributed by atoms with E-state index in [0.717, 1.165) is 0 Å². The fourth-order valence-electron chi connectivity index (χ4n) is 1.57. The Balaban J connectivity index is 2.77. The van der Waals surface area contributed by atoms with Gasteiger partial charge in [0.2, 0.25) is 5.91 Å². The molecule has 0 radical (unpaired) electrons. The largest absolute Gasteiger partial charge is 0.465 e. The van der Waals surface area contributed by atoms with Crippen molar-refractivity contribution in [1.82, 2.24) is 4.90 Å². The van der Waals surface area contributed by atoms with Gasteiger partial charge in [0, 0.05) is 27.1 Å². The summed E-state index contributed by atoms with van der Waals surface area (Å²) in [7, 11) is 4.70. The molecule has 6 heteroatoms. The molecule has 0 spiro atoms. The molecule has 19 heavy (non-hydrogen) atoms. The van der Waals surface area contributed by atoms with Crippen LogP contribution in [-0.4, -0.2) is 44.5 Å². The molecule has 0 aromatic heterocycles. The summed E-state index contributed by atoms with van der Waals surface area (Å²) in [5, 5.41) is 3.01. The second-order valence-electron chi connectivity index (χ2n) is 4.23. The Morgan fingerprint density at radius 2 is 2.05 bits per heavy atom. The van der Waals surface area contributed by atoms with Crippen molar-refractivity contribution in [3.05, 3.63) is 23.8 Å². The molecule has 0 heterocycles. The first-order chi connectivity index (χ1) is 8.97. The summed E-state index contributed by atoms with van der Waals surface area (Å²) in [6.07, 6.45) is 0.321. The summed E-state index contributed by atoms with van der Waals surface area (Å²) in [6, 6.07) is 4.98. The van der Waals surface area contributed by atoms with E-state index >= 15 is 0 Å². The van der Waals surface area contributed by atoms with Crippen molar-refractivity contribution in [3.63, 3.8) is 0 Å². The first-order valence-electron chi connectivity index (χ1n) is 5.88. The number of esters is 1. The molecule has 104 valence electrons. The van der Waals surface area contributed by atoms with Crippen molar-refractivity contribution in [2.45, 2.75) is 6.42 Å². The Morgan fingerprint density at radius 3 is 2.63 bits per heavy atom. The Bertz CT molecular complexity index is 472. The third-order valence-electron chi connectivity index (χ3n) is 2.64. The quantitative estimate of drug-likeness (QED) is 0.611. The van der Waals surface area contributed by atoms with E-state index in [4.69, 9.17) is 5.73 Å². The van der Waals surface area contributed by atoms with Crippen LogP contribution in [0.1, 0.15) is 16.8 Å². The highest BCUT2D eigenvalue weighted by Crippen LogP contribution is 2.24. The number of anilines is 2. The summed E-state index contributed by atoms with van der Waals surface area (Å²) in [5.74, 6) is -0.463. The van der Waals surface area contributed by atoms with Crippen molar-refractivity contribution in [2.24, 2.45) is 0 Å². The minimum Gasteiger partial charge on any atom is -0.465 e. The number of ether oxygens (including phenoxy) is 1. The first-order valence-corrected chi connectivity index (χ1v) is 5.88. The molecule has 3 N–H and O–H groups in total. The zero-order chi connectivity index (χ0) is 14.4. The van der Waals surface area contributed by atoms with E-state index in [2.05, 4.69) is 10.1 Å². The third kappa shape index (κ3) is 3.87. The van der Waals surface area contributed by atoms with Gasteiger partial charge >= 0.3 is 5.97 Å². The van der Waals surface area contributed by atoms with Crippen molar-refractivity contribution in [3.8, 4) is 0 Å². The molecule has 1 aromatic carbocycles. The lowest BCUT2D eigenvalue weighted by Gasteiger charge is -2.14. The normalized spacial score (nSPS) is 9.84. The number of carbonyl (C=O) groups excluding carboxylic acids is 2. The van der Waals surface area contributed by atoms with Crippen LogP contribution < -0.4 is 11.1 Å². The fourth-order valence-corrected chi connectivity index (χ4v) is 1.57. The lowest BCUT2D eigenvalue weighted by atomic mass is 10.1. The zero-order valence-electron chi connectivity index (χ0n) is 11.4.